The zero-order valence-electron chi connectivity index (χ0n) is 14.1. The molecular formula is C19H17FN4O2. The Hall–Kier alpha value is -3.48. The molecule has 2 N–H and O–H groups in total. The summed E-state index contributed by atoms with van der Waals surface area (Å²) in [6, 6.07) is 14.7. The minimum atomic E-state index is -0.414. The number of para-hydroxylation sites is 1. The van der Waals surface area contributed by atoms with Gasteiger partial charge in [0.2, 0.25) is 5.95 Å². The van der Waals surface area contributed by atoms with Crippen LogP contribution < -0.4 is 10.6 Å². The zero-order valence-corrected chi connectivity index (χ0v) is 14.1. The van der Waals surface area contributed by atoms with E-state index in [1.165, 1.54) is 12.1 Å². The number of hydrogen-bond donors (Lipinski definition) is 2. The van der Waals surface area contributed by atoms with Crippen molar-refractivity contribution in [3.05, 3.63) is 72.2 Å². The highest BCUT2D eigenvalue weighted by Gasteiger charge is 2.12. The van der Waals surface area contributed by atoms with Crippen molar-refractivity contribution in [2.75, 3.05) is 17.2 Å². The van der Waals surface area contributed by atoms with E-state index in [1.54, 1.807) is 55.6 Å². The van der Waals surface area contributed by atoms with E-state index in [2.05, 4.69) is 20.6 Å². The van der Waals surface area contributed by atoms with Gasteiger partial charge in [-0.2, -0.15) is 4.98 Å². The molecule has 0 spiro atoms. The van der Waals surface area contributed by atoms with Gasteiger partial charge in [0.1, 0.15) is 11.6 Å². The van der Waals surface area contributed by atoms with Crippen LogP contribution in [0, 0.1) is 5.82 Å². The van der Waals surface area contributed by atoms with Crippen LogP contribution in [0.15, 0.2) is 60.8 Å². The van der Waals surface area contributed by atoms with Crippen LogP contribution in [0.5, 0.6) is 0 Å². The number of nitrogens with one attached hydrogen (secondary N) is 2. The molecule has 0 radical (unpaired) electrons. The fraction of sp³-hybridized carbons (Fsp3) is 0.105. The largest absolute Gasteiger partial charge is 0.462 e. The van der Waals surface area contributed by atoms with E-state index >= 15 is 0 Å². The van der Waals surface area contributed by atoms with Crippen molar-refractivity contribution in [2.45, 2.75) is 6.92 Å². The van der Waals surface area contributed by atoms with Crippen LogP contribution in [0.1, 0.15) is 17.3 Å². The van der Waals surface area contributed by atoms with Crippen LogP contribution in [0.4, 0.5) is 27.5 Å². The van der Waals surface area contributed by atoms with Gasteiger partial charge in [0.05, 0.1) is 17.9 Å². The van der Waals surface area contributed by atoms with Crippen LogP contribution in [-0.4, -0.2) is 22.5 Å². The van der Waals surface area contributed by atoms with E-state index in [9.17, 15) is 9.18 Å². The molecule has 1 aromatic heterocycles. The van der Waals surface area contributed by atoms with Gasteiger partial charge in [0.25, 0.3) is 0 Å². The summed E-state index contributed by atoms with van der Waals surface area (Å²) >= 11 is 0. The highest BCUT2D eigenvalue weighted by Crippen LogP contribution is 2.22. The van der Waals surface area contributed by atoms with Crippen molar-refractivity contribution < 1.29 is 13.9 Å². The van der Waals surface area contributed by atoms with Crippen molar-refractivity contribution in [3.8, 4) is 0 Å². The number of aromatic nitrogens is 2. The Morgan fingerprint density at radius 3 is 2.77 bits per heavy atom. The van der Waals surface area contributed by atoms with Gasteiger partial charge in [0.15, 0.2) is 0 Å². The number of carbonyl (C=O) groups excluding carboxylic acids is 1. The van der Waals surface area contributed by atoms with Gasteiger partial charge in [0, 0.05) is 11.9 Å². The molecule has 0 aliphatic rings. The van der Waals surface area contributed by atoms with Crippen molar-refractivity contribution >= 4 is 29.1 Å². The predicted octanol–water partition coefficient (Wildman–Crippen LogP) is 4.28. The summed E-state index contributed by atoms with van der Waals surface area (Å²) < 4.78 is 18.3. The zero-order chi connectivity index (χ0) is 18.4. The predicted molar refractivity (Wildman–Crippen MR) is 97.4 cm³/mol. The second-order valence-electron chi connectivity index (χ2n) is 5.29. The van der Waals surface area contributed by atoms with Crippen LogP contribution >= 0.6 is 0 Å². The fourth-order valence-electron chi connectivity index (χ4n) is 2.30. The molecule has 0 unspecified atom stereocenters. The molecule has 0 aliphatic heterocycles. The molecule has 3 rings (SSSR count). The van der Waals surface area contributed by atoms with Crippen molar-refractivity contribution in [1.82, 2.24) is 9.97 Å². The van der Waals surface area contributed by atoms with Gasteiger partial charge in [-0.25, -0.2) is 14.2 Å². The van der Waals surface area contributed by atoms with Crippen LogP contribution in [-0.2, 0) is 4.74 Å². The molecule has 3 aromatic rings. The summed E-state index contributed by atoms with van der Waals surface area (Å²) in [6.45, 7) is 2.05. The van der Waals surface area contributed by atoms with E-state index < -0.39 is 5.97 Å². The van der Waals surface area contributed by atoms with Gasteiger partial charge >= 0.3 is 5.97 Å². The summed E-state index contributed by atoms with van der Waals surface area (Å²) in [5.74, 6) is 0.0141. The number of halogens is 1. The van der Waals surface area contributed by atoms with E-state index in [1.807, 2.05) is 0 Å². The Balaban J connectivity index is 1.80. The first-order chi connectivity index (χ1) is 12.7. The molecule has 2 aromatic carbocycles. The first-order valence-electron chi connectivity index (χ1n) is 8.04. The van der Waals surface area contributed by atoms with Gasteiger partial charge in [-0.3, -0.25) is 0 Å². The first kappa shape index (κ1) is 17.3. The Bertz CT molecular complexity index is 917. The maximum absolute atomic E-state index is 13.3. The molecule has 26 heavy (non-hydrogen) atoms. The third-order valence-corrected chi connectivity index (χ3v) is 3.42. The molecule has 0 saturated carbocycles. The molecule has 1 heterocycles. The van der Waals surface area contributed by atoms with Crippen molar-refractivity contribution in [2.24, 2.45) is 0 Å². The SMILES string of the molecule is CCOC(=O)c1ccccc1Nc1ccnc(Nc2cccc(F)c2)n1. The van der Waals surface area contributed by atoms with E-state index in [0.717, 1.165) is 0 Å². The van der Waals surface area contributed by atoms with Crippen LogP contribution in [0.25, 0.3) is 0 Å². The quantitative estimate of drug-likeness (QED) is 0.645. The maximum atomic E-state index is 13.3. The number of anilines is 4. The van der Waals surface area contributed by atoms with E-state index in [-0.39, 0.29) is 5.82 Å². The van der Waals surface area contributed by atoms with Crippen molar-refractivity contribution in [3.63, 3.8) is 0 Å². The molecule has 0 amide bonds. The van der Waals surface area contributed by atoms with Gasteiger partial charge in [-0.05, 0) is 43.3 Å². The summed E-state index contributed by atoms with van der Waals surface area (Å²) in [5, 5.41) is 6.02. The summed E-state index contributed by atoms with van der Waals surface area (Å²) in [7, 11) is 0. The number of nitrogens with zero attached hydrogens (tertiary/aromatic N) is 2. The summed E-state index contributed by atoms with van der Waals surface area (Å²) in [4.78, 5) is 20.5. The lowest BCUT2D eigenvalue weighted by Crippen LogP contribution is -2.08. The summed E-state index contributed by atoms with van der Waals surface area (Å²) in [5.41, 5.74) is 1.52. The minimum Gasteiger partial charge on any atom is -0.462 e. The number of benzene rings is 2. The van der Waals surface area contributed by atoms with Crippen LogP contribution in [0.3, 0.4) is 0 Å². The minimum absolute atomic E-state index is 0.294. The number of esters is 1. The molecule has 0 saturated heterocycles. The Morgan fingerprint density at radius 2 is 1.96 bits per heavy atom. The molecular weight excluding hydrogens is 335 g/mol. The number of ether oxygens (including phenoxy) is 1. The molecule has 6 nitrogen and oxygen atoms in total. The monoisotopic (exact) mass is 352 g/mol. The lowest BCUT2D eigenvalue weighted by Gasteiger charge is -2.11. The molecule has 0 fully saturated rings. The fourth-order valence-corrected chi connectivity index (χ4v) is 2.30. The number of carbonyl (C=O) groups is 1. The Labute approximate surface area is 150 Å². The summed E-state index contributed by atoms with van der Waals surface area (Å²) in [6.07, 6.45) is 1.56. The molecule has 7 heteroatoms. The van der Waals surface area contributed by atoms with E-state index in [4.69, 9.17) is 4.74 Å². The third-order valence-electron chi connectivity index (χ3n) is 3.42. The lowest BCUT2D eigenvalue weighted by molar-refractivity contribution is 0.0527. The third kappa shape index (κ3) is 4.32. The number of rotatable bonds is 6. The van der Waals surface area contributed by atoms with Gasteiger partial charge in [-0.1, -0.05) is 18.2 Å². The number of hydrogen-bond acceptors (Lipinski definition) is 6. The highest BCUT2D eigenvalue weighted by molar-refractivity contribution is 5.96. The second kappa shape index (κ2) is 8.06. The Morgan fingerprint density at radius 1 is 1.12 bits per heavy atom. The van der Waals surface area contributed by atoms with Gasteiger partial charge in [-0.15, -0.1) is 0 Å². The molecule has 0 aliphatic carbocycles. The smallest absolute Gasteiger partial charge is 0.340 e. The molecule has 0 atom stereocenters. The van der Waals surface area contributed by atoms with Crippen molar-refractivity contribution in [1.29, 1.82) is 0 Å². The second-order valence-corrected chi connectivity index (χ2v) is 5.29. The van der Waals surface area contributed by atoms with E-state index in [0.29, 0.717) is 35.3 Å². The average Bonchev–Trinajstić information content (AvgIpc) is 2.63. The average molecular weight is 352 g/mol. The maximum Gasteiger partial charge on any atom is 0.340 e. The normalized spacial score (nSPS) is 10.2. The molecule has 132 valence electrons. The topological polar surface area (TPSA) is 76.1 Å². The van der Waals surface area contributed by atoms with Crippen LogP contribution in [0.2, 0.25) is 0 Å². The standard InChI is InChI=1S/C19H17FN4O2/c1-2-26-18(25)15-8-3-4-9-16(15)23-17-10-11-21-19(24-17)22-14-7-5-6-13(20)12-14/h3-12H,2H2,1H3,(H2,21,22,23,24). The van der Waals surface area contributed by atoms with Gasteiger partial charge < -0.3 is 15.4 Å². The Kier molecular flexibility index (Phi) is 5.38. The molecule has 0 bridgehead atoms. The first-order valence-corrected chi connectivity index (χ1v) is 8.04. The highest BCUT2D eigenvalue weighted by atomic mass is 19.1. The lowest BCUT2D eigenvalue weighted by atomic mass is 10.2.